The van der Waals surface area contributed by atoms with Crippen LogP contribution in [0.3, 0.4) is 0 Å². The normalized spacial score (nSPS) is 12.2. The molecule has 0 aliphatic heterocycles. The summed E-state index contributed by atoms with van der Waals surface area (Å²) in [4.78, 5) is 22.1. The van der Waals surface area contributed by atoms with Gasteiger partial charge in [-0.05, 0) is 13.8 Å². The highest BCUT2D eigenvalue weighted by atomic mass is 16.5. The molecule has 1 aromatic heterocycles. The molecule has 0 saturated carbocycles. The van der Waals surface area contributed by atoms with Crippen molar-refractivity contribution < 1.29 is 24.3 Å². The molecule has 0 fully saturated rings. The fourth-order valence-corrected chi connectivity index (χ4v) is 1.35. The Balaban J connectivity index is 2.64. The van der Waals surface area contributed by atoms with Crippen LogP contribution in [0.15, 0.2) is 4.52 Å². The van der Waals surface area contributed by atoms with E-state index in [2.05, 4.69) is 10.5 Å². The molecule has 1 heterocycles. The van der Waals surface area contributed by atoms with Gasteiger partial charge in [0.1, 0.15) is 11.8 Å². The number of carbonyl (C=O) groups is 2. The standard InChI is InChI=1S/C10H14N2O5/c1-5-7(6(2)17-12-5)3-9(14)11-8(4-13)10(15)16/h8,13H,3-4H2,1-2H3,(H,11,14)(H,15,16). The Kier molecular flexibility index (Phi) is 4.22. The van der Waals surface area contributed by atoms with Crippen LogP contribution in [0.5, 0.6) is 0 Å². The van der Waals surface area contributed by atoms with Gasteiger partial charge < -0.3 is 20.1 Å². The zero-order valence-electron chi connectivity index (χ0n) is 9.56. The first-order valence-corrected chi connectivity index (χ1v) is 5.00. The van der Waals surface area contributed by atoms with E-state index in [0.29, 0.717) is 17.0 Å². The lowest BCUT2D eigenvalue weighted by Gasteiger charge is -2.11. The molecule has 7 heteroatoms. The summed E-state index contributed by atoms with van der Waals surface area (Å²) in [7, 11) is 0. The van der Waals surface area contributed by atoms with Crippen LogP contribution in [0.1, 0.15) is 17.0 Å². The fourth-order valence-electron chi connectivity index (χ4n) is 1.35. The van der Waals surface area contributed by atoms with Gasteiger partial charge in [0, 0.05) is 5.56 Å². The van der Waals surface area contributed by atoms with Crippen LogP contribution in [0, 0.1) is 13.8 Å². The van der Waals surface area contributed by atoms with Crippen molar-refractivity contribution in [3.63, 3.8) is 0 Å². The molecule has 7 nitrogen and oxygen atoms in total. The summed E-state index contributed by atoms with van der Waals surface area (Å²) in [5, 5.41) is 23.3. The van der Waals surface area contributed by atoms with E-state index in [1.165, 1.54) is 0 Å². The first-order chi connectivity index (χ1) is 7.95. The average Bonchev–Trinajstić information content (AvgIpc) is 2.57. The molecule has 1 unspecified atom stereocenters. The number of amides is 1. The van der Waals surface area contributed by atoms with Gasteiger partial charge in [-0.15, -0.1) is 0 Å². The number of rotatable bonds is 5. The van der Waals surface area contributed by atoms with Gasteiger partial charge in [-0.2, -0.15) is 0 Å². The molecule has 0 spiro atoms. The molecule has 0 aromatic carbocycles. The number of aryl methyl sites for hydroxylation is 2. The number of carboxylic acid groups (broad SMARTS) is 1. The van der Waals surface area contributed by atoms with Crippen LogP contribution in [-0.2, 0) is 16.0 Å². The van der Waals surface area contributed by atoms with Gasteiger partial charge in [0.2, 0.25) is 5.91 Å². The molecule has 0 bridgehead atoms. The van der Waals surface area contributed by atoms with Gasteiger partial charge in [-0.1, -0.05) is 5.16 Å². The van der Waals surface area contributed by atoms with Crippen molar-refractivity contribution in [2.24, 2.45) is 0 Å². The van der Waals surface area contributed by atoms with E-state index in [4.69, 9.17) is 14.7 Å². The number of nitrogens with zero attached hydrogens (tertiary/aromatic N) is 1. The molecule has 3 N–H and O–H groups in total. The maximum atomic E-state index is 11.5. The molecule has 1 atom stereocenters. The Hall–Kier alpha value is -1.89. The minimum atomic E-state index is -1.29. The smallest absolute Gasteiger partial charge is 0.328 e. The third-order valence-corrected chi connectivity index (χ3v) is 2.33. The summed E-state index contributed by atoms with van der Waals surface area (Å²) in [5.74, 6) is -1.26. The Bertz CT molecular complexity index is 407. The van der Waals surface area contributed by atoms with Crippen LogP contribution in [0.25, 0.3) is 0 Å². The van der Waals surface area contributed by atoms with E-state index in [9.17, 15) is 9.59 Å². The summed E-state index contributed by atoms with van der Waals surface area (Å²) in [5.41, 5.74) is 1.22. The average molecular weight is 242 g/mol. The topological polar surface area (TPSA) is 113 Å². The molecule has 1 rings (SSSR count). The monoisotopic (exact) mass is 242 g/mol. The molecular formula is C10H14N2O5. The molecule has 0 saturated heterocycles. The van der Waals surface area contributed by atoms with Crippen molar-refractivity contribution in [3.8, 4) is 0 Å². The number of aliphatic hydroxyl groups is 1. The lowest BCUT2D eigenvalue weighted by atomic mass is 10.1. The lowest BCUT2D eigenvalue weighted by molar-refractivity contribution is -0.142. The maximum absolute atomic E-state index is 11.5. The third-order valence-electron chi connectivity index (χ3n) is 2.33. The molecule has 0 radical (unpaired) electrons. The number of aliphatic hydroxyl groups excluding tert-OH is 1. The quantitative estimate of drug-likeness (QED) is 0.635. The highest BCUT2D eigenvalue weighted by Crippen LogP contribution is 2.12. The van der Waals surface area contributed by atoms with Gasteiger partial charge in [-0.25, -0.2) is 4.79 Å². The summed E-state index contributed by atoms with van der Waals surface area (Å²) >= 11 is 0. The zero-order chi connectivity index (χ0) is 13.0. The lowest BCUT2D eigenvalue weighted by Crippen LogP contribution is -2.44. The van der Waals surface area contributed by atoms with Gasteiger partial charge in [0.25, 0.3) is 0 Å². The molecule has 94 valence electrons. The van der Waals surface area contributed by atoms with E-state index in [0.717, 1.165) is 0 Å². The Morgan fingerprint density at radius 3 is 2.53 bits per heavy atom. The number of hydrogen-bond donors (Lipinski definition) is 3. The van der Waals surface area contributed by atoms with Crippen molar-refractivity contribution in [1.82, 2.24) is 10.5 Å². The predicted molar refractivity (Wildman–Crippen MR) is 56.3 cm³/mol. The summed E-state index contributed by atoms with van der Waals surface area (Å²) < 4.78 is 4.88. The number of aliphatic carboxylic acids is 1. The van der Waals surface area contributed by atoms with Crippen molar-refractivity contribution in [2.75, 3.05) is 6.61 Å². The first kappa shape index (κ1) is 13.2. The van der Waals surface area contributed by atoms with Gasteiger partial charge in [0.15, 0.2) is 0 Å². The number of hydrogen-bond acceptors (Lipinski definition) is 5. The molecular weight excluding hydrogens is 228 g/mol. The Labute approximate surface area is 97.4 Å². The third kappa shape index (κ3) is 3.28. The summed E-state index contributed by atoms with van der Waals surface area (Å²) in [6.07, 6.45) is -0.0229. The molecule has 17 heavy (non-hydrogen) atoms. The van der Waals surface area contributed by atoms with Crippen LogP contribution >= 0.6 is 0 Å². The van der Waals surface area contributed by atoms with E-state index in [1.54, 1.807) is 13.8 Å². The van der Waals surface area contributed by atoms with Gasteiger partial charge in [0.05, 0.1) is 18.7 Å². The van der Waals surface area contributed by atoms with E-state index >= 15 is 0 Å². The van der Waals surface area contributed by atoms with E-state index in [1.807, 2.05) is 0 Å². The van der Waals surface area contributed by atoms with Crippen LogP contribution in [-0.4, -0.2) is 39.9 Å². The molecule has 0 aliphatic carbocycles. The number of aromatic nitrogens is 1. The Morgan fingerprint density at radius 2 is 2.12 bits per heavy atom. The van der Waals surface area contributed by atoms with E-state index in [-0.39, 0.29) is 6.42 Å². The summed E-state index contributed by atoms with van der Waals surface area (Å²) in [6.45, 7) is 2.71. The van der Waals surface area contributed by atoms with Gasteiger partial charge in [-0.3, -0.25) is 4.79 Å². The molecule has 1 aromatic rings. The summed E-state index contributed by atoms with van der Waals surface area (Å²) in [6, 6.07) is -1.29. The second-order valence-corrected chi connectivity index (χ2v) is 3.62. The highest BCUT2D eigenvalue weighted by Gasteiger charge is 2.20. The maximum Gasteiger partial charge on any atom is 0.328 e. The van der Waals surface area contributed by atoms with Crippen molar-refractivity contribution >= 4 is 11.9 Å². The van der Waals surface area contributed by atoms with Crippen molar-refractivity contribution in [3.05, 3.63) is 17.0 Å². The minimum Gasteiger partial charge on any atom is -0.480 e. The fraction of sp³-hybridized carbons (Fsp3) is 0.500. The van der Waals surface area contributed by atoms with Crippen LogP contribution in [0.4, 0.5) is 0 Å². The largest absolute Gasteiger partial charge is 0.480 e. The van der Waals surface area contributed by atoms with Gasteiger partial charge >= 0.3 is 5.97 Å². The minimum absolute atomic E-state index is 0.0229. The highest BCUT2D eigenvalue weighted by molar-refractivity contribution is 5.85. The van der Waals surface area contributed by atoms with Crippen molar-refractivity contribution in [1.29, 1.82) is 0 Å². The second kappa shape index (κ2) is 5.44. The molecule has 0 aliphatic rings. The zero-order valence-corrected chi connectivity index (χ0v) is 9.56. The number of nitrogens with one attached hydrogen (secondary N) is 1. The van der Waals surface area contributed by atoms with Crippen LogP contribution < -0.4 is 5.32 Å². The number of carbonyl (C=O) groups excluding carboxylic acids is 1. The Morgan fingerprint density at radius 1 is 1.47 bits per heavy atom. The molecule has 1 amide bonds. The van der Waals surface area contributed by atoms with Crippen molar-refractivity contribution in [2.45, 2.75) is 26.3 Å². The van der Waals surface area contributed by atoms with Crippen LogP contribution in [0.2, 0.25) is 0 Å². The predicted octanol–water partition coefficient (Wildman–Crippen LogP) is -0.604. The second-order valence-electron chi connectivity index (χ2n) is 3.62. The number of carboxylic acids is 1. The van der Waals surface area contributed by atoms with E-state index < -0.39 is 24.5 Å². The first-order valence-electron chi connectivity index (χ1n) is 5.00. The SMILES string of the molecule is Cc1noc(C)c1CC(=O)NC(CO)C(=O)O.